The molecule has 0 radical (unpaired) electrons. The number of anilines is 1. The van der Waals surface area contributed by atoms with Gasteiger partial charge >= 0.3 is 0 Å². The third-order valence-corrected chi connectivity index (χ3v) is 4.46. The number of nitrogens with zero attached hydrogens (tertiary/aromatic N) is 2. The number of halogens is 1. The van der Waals surface area contributed by atoms with Crippen molar-refractivity contribution in [2.75, 3.05) is 31.9 Å². The molecule has 1 aliphatic heterocycles. The fourth-order valence-corrected chi connectivity index (χ4v) is 3.14. The first-order chi connectivity index (χ1) is 8.60. The molecule has 1 aliphatic rings. The molecule has 0 amide bonds. The summed E-state index contributed by atoms with van der Waals surface area (Å²) < 4.78 is 1.12. The van der Waals surface area contributed by atoms with E-state index >= 15 is 0 Å². The Bertz CT molecular complexity index is 408. The molecule has 2 rings (SSSR count). The van der Waals surface area contributed by atoms with Crippen LogP contribution in [-0.2, 0) is 6.54 Å². The molecule has 0 saturated carbocycles. The summed E-state index contributed by atoms with van der Waals surface area (Å²) in [4.78, 5) is 5.06. The van der Waals surface area contributed by atoms with Gasteiger partial charge in [-0.2, -0.15) is 0 Å². The van der Waals surface area contributed by atoms with Crippen LogP contribution in [0.1, 0.15) is 19.4 Å². The van der Waals surface area contributed by atoms with Crippen molar-refractivity contribution in [3.05, 3.63) is 28.2 Å². The molecule has 2 N–H and O–H groups in total. The van der Waals surface area contributed by atoms with E-state index in [4.69, 9.17) is 5.73 Å². The summed E-state index contributed by atoms with van der Waals surface area (Å²) in [6.07, 6.45) is 0. The SMILES string of the molecule is CCN1CCN(Cc2ccc(N)cc2Br)CC1C. The van der Waals surface area contributed by atoms with Gasteiger partial charge in [0.1, 0.15) is 0 Å². The van der Waals surface area contributed by atoms with E-state index in [0.29, 0.717) is 6.04 Å². The van der Waals surface area contributed by atoms with Gasteiger partial charge in [-0.3, -0.25) is 9.80 Å². The monoisotopic (exact) mass is 311 g/mol. The van der Waals surface area contributed by atoms with Gasteiger partial charge in [0.05, 0.1) is 0 Å². The van der Waals surface area contributed by atoms with Gasteiger partial charge in [0.15, 0.2) is 0 Å². The smallest absolute Gasteiger partial charge is 0.0325 e. The van der Waals surface area contributed by atoms with E-state index < -0.39 is 0 Å². The van der Waals surface area contributed by atoms with Crippen LogP contribution in [0, 0.1) is 0 Å². The van der Waals surface area contributed by atoms with Crippen molar-refractivity contribution in [3.63, 3.8) is 0 Å². The average Bonchev–Trinajstić information content (AvgIpc) is 2.33. The number of piperazine rings is 1. The molecule has 1 unspecified atom stereocenters. The topological polar surface area (TPSA) is 32.5 Å². The number of benzene rings is 1. The number of hydrogen-bond acceptors (Lipinski definition) is 3. The van der Waals surface area contributed by atoms with Gasteiger partial charge in [0, 0.05) is 42.4 Å². The highest BCUT2D eigenvalue weighted by Crippen LogP contribution is 2.22. The van der Waals surface area contributed by atoms with E-state index in [1.807, 2.05) is 12.1 Å². The third kappa shape index (κ3) is 3.25. The molecule has 1 aromatic rings. The van der Waals surface area contributed by atoms with Gasteiger partial charge in [-0.1, -0.05) is 28.9 Å². The number of nitrogen functional groups attached to an aromatic ring is 1. The highest BCUT2D eigenvalue weighted by atomic mass is 79.9. The second kappa shape index (κ2) is 6.04. The van der Waals surface area contributed by atoms with Crippen molar-refractivity contribution < 1.29 is 0 Å². The molecule has 1 fully saturated rings. The van der Waals surface area contributed by atoms with Crippen molar-refractivity contribution in [1.82, 2.24) is 9.80 Å². The summed E-state index contributed by atoms with van der Waals surface area (Å²) in [6, 6.07) is 6.74. The van der Waals surface area contributed by atoms with Crippen molar-refractivity contribution in [1.29, 1.82) is 0 Å². The van der Waals surface area contributed by atoms with Crippen LogP contribution in [0.5, 0.6) is 0 Å². The maximum atomic E-state index is 5.77. The van der Waals surface area contributed by atoms with Crippen molar-refractivity contribution in [2.45, 2.75) is 26.4 Å². The Labute approximate surface area is 118 Å². The van der Waals surface area contributed by atoms with Gasteiger partial charge in [0.25, 0.3) is 0 Å². The molecule has 1 atom stereocenters. The number of likely N-dealkylation sites (N-methyl/N-ethyl adjacent to an activating group) is 1. The van der Waals surface area contributed by atoms with Crippen LogP contribution in [0.4, 0.5) is 5.69 Å². The van der Waals surface area contributed by atoms with Gasteiger partial charge in [0.2, 0.25) is 0 Å². The van der Waals surface area contributed by atoms with Crippen molar-refractivity contribution in [3.8, 4) is 0 Å². The first-order valence-electron chi connectivity index (χ1n) is 6.60. The normalized spacial score (nSPS) is 22.3. The van der Waals surface area contributed by atoms with E-state index in [0.717, 1.165) is 36.3 Å². The summed E-state index contributed by atoms with van der Waals surface area (Å²) in [5, 5.41) is 0. The van der Waals surface area contributed by atoms with Gasteiger partial charge in [-0.05, 0) is 31.2 Å². The minimum Gasteiger partial charge on any atom is -0.399 e. The molecule has 18 heavy (non-hydrogen) atoms. The largest absolute Gasteiger partial charge is 0.399 e. The van der Waals surface area contributed by atoms with Crippen LogP contribution in [0.25, 0.3) is 0 Å². The van der Waals surface area contributed by atoms with E-state index in [1.54, 1.807) is 0 Å². The Balaban J connectivity index is 1.98. The Morgan fingerprint density at radius 2 is 2.17 bits per heavy atom. The highest BCUT2D eigenvalue weighted by Gasteiger charge is 2.22. The van der Waals surface area contributed by atoms with Crippen LogP contribution in [0.3, 0.4) is 0 Å². The van der Waals surface area contributed by atoms with Gasteiger partial charge in [-0.15, -0.1) is 0 Å². The van der Waals surface area contributed by atoms with E-state index in [1.165, 1.54) is 12.1 Å². The summed E-state index contributed by atoms with van der Waals surface area (Å²) in [5.74, 6) is 0. The minimum absolute atomic E-state index is 0.649. The first-order valence-corrected chi connectivity index (χ1v) is 7.39. The molecular weight excluding hydrogens is 290 g/mol. The molecule has 4 heteroatoms. The van der Waals surface area contributed by atoms with E-state index in [9.17, 15) is 0 Å². The zero-order valence-electron chi connectivity index (χ0n) is 11.2. The Morgan fingerprint density at radius 3 is 2.78 bits per heavy atom. The lowest BCUT2D eigenvalue weighted by Gasteiger charge is -2.39. The molecule has 0 aromatic heterocycles. The van der Waals surface area contributed by atoms with Crippen molar-refractivity contribution >= 4 is 21.6 Å². The summed E-state index contributed by atoms with van der Waals surface area (Å²) in [5.41, 5.74) is 7.90. The third-order valence-electron chi connectivity index (χ3n) is 3.73. The molecule has 0 aliphatic carbocycles. The lowest BCUT2D eigenvalue weighted by Crippen LogP contribution is -2.51. The van der Waals surface area contributed by atoms with Crippen molar-refractivity contribution in [2.24, 2.45) is 0 Å². The van der Waals surface area contributed by atoms with Crippen LogP contribution >= 0.6 is 15.9 Å². The van der Waals surface area contributed by atoms with Crippen LogP contribution in [-0.4, -0.2) is 42.0 Å². The Kier molecular flexibility index (Phi) is 4.65. The quantitative estimate of drug-likeness (QED) is 0.871. The number of nitrogens with two attached hydrogens (primary N) is 1. The molecule has 1 heterocycles. The molecule has 1 saturated heterocycles. The first kappa shape index (κ1) is 13.8. The molecule has 0 bridgehead atoms. The zero-order chi connectivity index (χ0) is 13.1. The number of hydrogen-bond donors (Lipinski definition) is 1. The summed E-state index contributed by atoms with van der Waals surface area (Å²) in [7, 11) is 0. The Morgan fingerprint density at radius 1 is 1.39 bits per heavy atom. The molecular formula is C14H22BrN3. The maximum absolute atomic E-state index is 5.77. The molecule has 0 spiro atoms. The predicted octanol–water partition coefficient (Wildman–Crippen LogP) is 2.56. The van der Waals surface area contributed by atoms with Crippen LogP contribution in [0.15, 0.2) is 22.7 Å². The predicted molar refractivity (Wildman–Crippen MR) is 80.5 cm³/mol. The Hall–Kier alpha value is -0.580. The van der Waals surface area contributed by atoms with Crippen LogP contribution in [0.2, 0.25) is 0 Å². The maximum Gasteiger partial charge on any atom is 0.0325 e. The molecule has 3 nitrogen and oxygen atoms in total. The van der Waals surface area contributed by atoms with E-state index in [-0.39, 0.29) is 0 Å². The summed E-state index contributed by atoms with van der Waals surface area (Å²) in [6.45, 7) is 10.2. The van der Waals surface area contributed by atoms with E-state index in [2.05, 4.69) is 45.6 Å². The molecule has 100 valence electrons. The number of rotatable bonds is 3. The second-order valence-corrected chi connectivity index (χ2v) is 5.92. The average molecular weight is 312 g/mol. The van der Waals surface area contributed by atoms with Crippen LogP contribution < -0.4 is 5.73 Å². The van der Waals surface area contributed by atoms with Gasteiger partial charge < -0.3 is 5.73 Å². The van der Waals surface area contributed by atoms with Gasteiger partial charge in [-0.25, -0.2) is 0 Å². The zero-order valence-corrected chi connectivity index (χ0v) is 12.8. The fraction of sp³-hybridized carbons (Fsp3) is 0.571. The highest BCUT2D eigenvalue weighted by molar-refractivity contribution is 9.10. The standard InChI is InChI=1S/C14H22BrN3/c1-3-18-7-6-17(9-11(18)2)10-12-4-5-13(16)8-14(12)15/h4-5,8,11H,3,6-7,9-10,16H2,1-2H3. The lowest BCUT2D eigenvalue weighted by atomic mass is 10.1. The second-order valence-electron chi connectivity index (χ2n) is 5.06. The lowest BCUT2D eigenvalue weighted by molar-refractivity contribution is 0.0833. The summed E-state index contributed by atoms with van der Waals surface area (Å²) >= 11 is 3.60. The molecule has 1 aromatic carbocycles. The minimum atomic E-state index is 0.649. The fourth-order valence-electron chi connectivity index (χ4n) is 2.62.